The van der Waals surface area contributed by atoms with E-state index < -0.39 is 11.6 Å². The number of hydrogen-bond donors (Lipinski definition) is 1. The molecule has 0 unspecified atom stereocenters. The van der Waals surface area contributed by atoms with E-state index in [1.54, 1.807) is 11.6 Å². The highest BCUT2D eigenvalue weighted by atomic mass is 32.1. The molecular weight excluding hydrogens is 370 g/mol. The summed E-state index contributed by atoms with van der Waals surface area (Å²) in [7, 11) is 1.56. The SMILES string of the molecule is Cc1cccc(-c2n[nH]c(=S)n2CC(=O)N(C)Cc2ccc(F)cc2F)c1. The van der Waals surface area contributed by atoms with E-state index in [-0.39, 0.29) is 24.6 Å². The number of rotatable bonds is 5. The van der Waals surface area contributed by atoms with Gasteiger partial charge in [-0.15, -0.1) is 0 Å². The van der Waals surface area contributed by atoms with Crippen LogP contribution in [0.4, 0.5) is 8.78 Å². The second kappa shape index (κ2) is 7.79. The van der Waals surface area contributed by atoms with Gasteiger partial charge in [0.05, 0.1) is 0 Å². The summed E-state index contributed by atoms with van der Waals surface area (Å²) >= 11 is 5.25. The Morgan fingerprint density at radius 2 is 2.04 bits per heavy atom. The van der Waals surface area contributed by atoms with Gasteiger partial charge in [0.25, 0.3) is 0 Å². The zero-order chi connectivity index (χ0) is 19.6. The van der Waals surface area contributed by atoms with Crippen LogP contribution in [0.3, 0.4) is 0 Å². The number of aromatic amines is 1. The summed E-state index contributed by atoms with van der Waals surface area (Å²) < 4.78 is 28.8. The van der Waals surface area contributed by atoms with Gasteiger partial charge in [0, 0.05) is 30.8 Å². The minimum Gasteiger partial charge on any atom is -0.340 e. The third-order valence-electron chi connectivity index (χ3n) is 4.18. The van der Waals surface area contributed by atoms with Crippen LogP contribution in [-0.2, 0) is 17.9 Å². The molecule has 1 amide bonds. The lowest BCUT2D eigenvalue weighted by molar-refractivity contribution is -0.131. The van der Waals surface area contributed by atoms with Gasteiger partial charge in [-0.3, -0.25) is 14.5 Å². The molecule has 0 aliphatic carbocycles. The van der Waals surface area contributed by atoms with Crippen molar-refractivity contribution >= 4 is 18.1 Å². The molecule has 1 aromatic heterocycles. The molecule has 1 heterocycles. The molecule has 0 spiro atoms. The number of carbonyl (C=O) groups excluding carboxylic acids is 1. The first kappa shape index (κ1) is 18.9. The summed E-state index contributed by atoms with van der Waals surface area (Å²) in [5, 5.41) is 6.93. The minimum absolute atomic E-state index is 0.0237. The lowest BCUT2D eigenvalue weighted by atomic mass is 10.1. The highest BCUT2D eigenvalue weighted by Crippen LogP contribution is 2.19. The van der Waals surface area contributed by atoms with Crippen molar-refractivity contribution in [3.05, 3.63) is 70.0 Å². The molecule has 8 heteroatoms. The monoisotopic (exact) mass is 388 g/mol. The molecule has 0 saturated heterocycles. The molecule has 0 atom stereocenters. The number of halogens is 2. The van der Waals surface area contributed by atoms with Gasteiger partial charge < -0.3 is 4.90 Å². The minimum atomic E-state index is -0.685. The molecule has 0 radical (unpaired) electrons. The zero-order valence-corrected chi connectivity index (χ0v) is 15.7. The molecule has 0 aliphatic rings. The summed E-state index contributed by atoms with van der Waals surface area (Å²) in [6.45, 7) is 1.94. The highest BCUT2D eigenvalue weighted by molar-refractivity contribution is 7.71. The van der Waals surface area contributed by atoms with Crippen molar-refractivity contribution in [2.45, 2.75) is 20.0 Å². The molecule has 0 aliphatic heterocycles. The molecule has 2 aromatic carbocycles. The van der Waals surface area contributed by atoms with Crippen molar-refractivity contribution in [2.75, 3.05) is 7.05 Å². The summed E-state index contributed by atoms with van der Waals surface area (Å²) in [5.41, 5.74) is 2.13. The Bertz CT molecular complexity index is 1040. The number of aryl methyl sites for hydroxylation is 1. The first-order valence-electron chi connectivity index (χ1n) is 8.25. The fourth-order valence-electron chi connectivity index (χ4n) is 2.72. The number of H-pyrrole nitrogens is 1. The average molecular weight is 388 g/mol. The lowest BCUT2D eigenvalue weighted by Crippen LogP contribution is -2.30. The predicted octanol–water partition coefficient (Wildman–Crippen LogP) is 3.85. The summed E-state index contributed by atoms with van der Waals surface area (Å²) in [4.78, 5) is 14.0. The van der Waals surface area contributed by atoms with Crippen LogP contribution >= 0.6 is 12.2 Å². The van der Waals surface area contributed by atoms with E-state index in [4.69, 9.17) is 12.2 Å². The van der Waals surface area contributed by atoms with E-state index in [2.05, 4.69) is 10.2 Å². The number of benzene rings is 2. The van der Waals surface area contributed by atoms with Crippen molar-refractivity contribution < 1.29 is 13.6 Å². The molecule has 1 N–H and O–H groups in total. The van der Waals surface area contributed by atoms with Crippen LogP contribution in [0.5, 0.6) is 0 Å². The summed E-state index contributed by atoms with van der Waals surface area (Å²) in [5.74, 6) is -1.06. The third kappa shape index (κ3) is 4.28. The van der Waals surface area contributed by atoms with Crippen LogP contribution in [0.15, 0.2) is 42.5 Å². The van der Waals surface area contributed by atoms with Crippen LogP contribution < -0.4 is 0 Å². The maximum Gasteiger partial charge on any atom is 0.242 e. The van der Waals surface area contributed by atoms with Gasteiger partial charge in [-0.1, -0.05) is 29.8 Å². The molecule has 3 rings (SSSR count). The molecule has 0 bridgehead atoms. The summed E-state index contributed by atoms with van der Waals surface area (Å²) in [6, 6.07) is 11.0. The Morgan fingerprint density at radius 3 is 2.74 bits per heavy atom. The fourth-order valence-corrected chi connectivity index (χ4v) is 2.92. The van der Waals surface area contributed by atoms with Crippen LogP contribution in [0.25, 0.3) is 11.4 Å². The van der Waals surface area contributed by atoms with Crippen LogP contribution in [0.2, 0.25) is 0 Å². The Kier molecular flexibility index (Phi) is 5.46. The zero-order valence-electron chi connectivity index (χ0n) is 14.9. The average Bonchev–Trinajstić information content (AvgIpc) is 2.98. The lowest BCUT2D eigenvalue weighted by Gasteiger charge is -2.18. The number of aromatic nitrogens is 3. The van der Waals surface area contributed by atoms with Crippen molar-refractivity contribution in [2.24, 2.45) is 0 Å². The number of nitrogens with one attached hydrogen (secondary N) is 1. The van der Waals surface area contributed by atoms with Crippen LogP contribution in [0, 0.1) is 23.3 Å². The molecule has 5 nitrogen and oxygen atoms in total. The van der Waals surface area contributed by atoms with Crippen molar-refractivity contribution in [3.63, 3.8) is 0 Å². The van der Waals surface area contributed by atoms with Crippen molar-refractivity contribution in [3.8, 4) is 11.4 Å². The number of carbonyl (C=O) groups is 1. The van der Waals surface area contributed by atoms with Gasteiger partial charge in [0.15, 0.2) is 10.6 Å². The van der Waals surface area contributed by atoms with Crippen LogP contribution in [-0.4, -0.2) is 32.6 Å². The molecule has 0 fully saturated rings. The first-order chi connectivity index (χ1) is 12.8. The fraction of sp³-hybridized carbons (Fsp3) is 0.211. The predicted molar refractivity (Wildman–Crippen MR) is 100 cm³/mol. The van der Waals surface area contributed by atoms with Gasteiger partial charge in [-0.25, -0.2) is 8.78 Å². The number of likely N-dealkylation sites (N-methyl/N-ethyl adjacent to an activating group) is 1. The molecule has 27 heavy (non-hydrogen) atoms. The van der Waals surface area contributed by atoms with E-state index in [0.717, 1.165) is 17.2 Å². The van der Waals surface area contributed by atoms with Crippen molar-refractivity contribution in [1.29, 1.82) is 0 Å². The molecule has 140 valence electrons. The Labute approximate surface area is 160 Å². The second-order valence-electron chi connectivity index (χ2n) is 6.29. The molecular formula is C19H18F2N4OS. The quantitative estimate of drug-likeness (QED) is 0.676. The van der Waals surface area contributed by atoms with Gasteiger partial charge in [-0.2, -0.15) is 5.10 Å². The second-order valence-corrected chi connectivity index (χ2v) is 6.68. The first-order valence-corrected chi connectivity index (χ1v) is 8.66. The number of amides is 1. The van der Waals surface area contributed by atoms with Crippen LogP contribution in [0.1, 0.15) is 11.1 Å². The van der Waals surface area contributed by atoms with Gasteiger partial charge >= 0.3 is 0 Å². The number of hydrogen-bond acceptors (Lipinski definition) is 3. The highest BCUT2D eigenvalue weighted by Gasteiger charge is 2.17. The maximum absolute atomic E-state index is 13.8. The van der Waals surface area contributed by atoms with Crippen molar-refractivity contribution in [1.82, 2.24) is 19.7 Å². The van der Waals surface area contributed by atoms with Gasteiger partial charge in [-0.05, 0) is 31.3 Å². The van der Waals surface area contributed by atoms with E-state index in [9.17, 15) is 13.6 Å². The summed E-state index contributed by atoms with van der Waals surface area (Å²) in [6.07, 6.45) is 0. The van der Waals surface area contributed by atoms with E-state index in [0.29, 0.717) is 10.6 Å². The normalized spacial score (nSPS) is 10.8. The topological polar surface area (TPSA) is 53.9 Å². The van der Waals surface area contributed by atoms with E-state index in [1.165, 1.54) is 17.0 Å². The molecule has 0 saturated carbocycles. The Hall–Kier alpha value is -2.87. The Balaban J connectivity index is 1.80. The van der Waals surface area contributed by atoms with E-state index in [1.807, 2.05) is 31.2 Å². The Morgan fingerprint density at radius 1 is 1.26 bits per heavy atom. The van der Waals surface area contributed by atoms with Gasteiger partial charge in [0.2, 0.25) is 5.91 Å². The third-order valence-corrected chi connectivity index (χ3v) is 4.49. The number of nitrogens with zero attached hydrogens (tertiary/aromatic N) is 3. The largest absolute Gasteiger partial charge is 0.340 e. The molecule has 3 aromatic rings. The standard InChI is InChI=1S/C19H18F2N4OS/c1-12-4-3-5-13(8-12)18-22-23-19(27)25(18)11-17(26)24(2)10-14-6-7-15(20)9-16(14)21/h3-9H,10-11H2,1-2H3,(H,23,27). The van der Waals surface area contributed by atoms with Gasteiger partial charge in [0.1, 0.15) is 18.2 Å². The van der Waals surface area contributed by atoms with E-state index >= 15 is 0 Å². The maximum atomic E-state index is 13.8. The smallest absolute Gasteiger partial charge is 0.242 e.